The maximum atomic E-state index is 14.9. The number of nitrogens with zero attached hydrogens (tertiary/aromatic N) is 3. The van der Waals surface area contributed by atoms with Crippen molar-refractivity contribution in [2.45, 2.75) is 56.5 Å². The fourth-order valence-corrected chi connectivity index (χ4v) is 5.74. The van der Waals surface area contributed by atoms with Crippen molar-refractivity contribution >= 4 is 35.0 Å². The topological polar surface area (TPSA) is 74.1 Å². The van der Waals surface area contributed by atoms with Gasteiger partial charge in [-0.25, -0.2) is 11.0 Å². The van der Waals surface area contributed by atoms with Gasteiger partial charge in [0.05, 0.1) is 6.42 Å². The number of carbonyl (C=O) groups excluding carboxylic acids is 3. The molecule has 0 aliphatic carbocycles. The summed E-state index contributed by atoms with van der Waals surface area (Å²) < 4.78 is 14.9. The van der Waals surface area contributed by atoms with Gasteiger partial charge in [0.15, 0.2) is 0 Å². The molecule has 3 heterocycles. The van der Waals surface area contributed by atoms with E-state index in [9.17, 15) is 18.8 Å². The summed E-state index contributed by atoms with van der Waals surface area (Å²) in [6.45, 7) is 10.5. The molecule has 180 valence electrons. The highest BCUT2D eigenvalue weighted by molar-refractivity contribution is 6.32. The molecule has 2 aromatic carbocycles. The van der Waals surface area contributed by atoms with Crippen LogP contribution in [0.15, 0.2) is 42.5 Å². The molecule has 0 saturated carbocycles. The number of likely N-dealkylation sites (tertiary alicyclic amines) is 1. The molecule has 3 aliphatic rings. The Morgan fingerprint density at radius 1 is 1.29 bits per heavy atom. The lowest BCUT2D eigenvalue weighted by Crippen LogP contribution is -2.52. The Balaban J connectivity index is 1.51. The van der Waals surface area contributed by atoms with Crippen LogP contribution in [-0.2, 0) is 21.5 Å². The Labute approximate surface area is 207 Å². The first-order valence-electron chi connectivity index (χ1n) is 11.4. The lowest BCUT2D eigenvalue weighted by atomic mass is 9.80. The van der Waals surface area contributed by atoms with Crippen LogP contribution in [-0.4, -0.2) is 51.9 Å². The van der Waals surface area contributed by atoms with E-state index in [1.54, 1.807) is 24.3 Å². The molecule has 1 fully saturated rings. The fourth-order valence-electron chi connectivity index (χ4n) is 5.51. The molecule has 5 rings (SSSR count). The van der Waals surface area contributed by atoms with Crippen molar-refractivity contribution in [2.75, 3.05) is 11.9 Å². The van der Waals surface area contributed by atoms with E-state index < -0.39 is 35.1 Å². The predicted molar refractivity (Wildman–Crippen MR) is 128 cm³/mol. The van der Waals surface area contributed by atoms with E-state index in [-0.39, 0.29) is 31.8 Å². The zero-order valence-electron chi connectivity index (χ0n) is 19.3. The summed E-state index contributed by atoms with van der Waals surface area (Å²) >= 11 is 6.30. The number of fused-ring (bicyclic) bond motifs is 3. The van der Waals surface area contributed by atoms with Crippen molar-refractivity contribution in [1.82, 2.24) is 9.80 Å². The molecule has 0 radical (unpaired) electrons. The smallest absolute Gasteiger partial charge is 0.302 e. The Morgan fingerprint density at radius 2 is 2.03 bits per heavy atom. The molecule has 7 nitrogen and oxygen atoms in total. The number of nitrogens with one attached hydrogen (secondary N) is 1. The SMILES string of the molecule is [C-]#[N+][C@@H]1C[C@@]2(CN1C(=O)[C@H](CC(C)(C)F)N1Cc3c(Cl)cccc3C1=O)C(=O)Nc1ccccc12. The second kappa shape index (κ2) is 8.06. The summed E-state index contributed by atoms with van der Waals surface area (Å²) in [7, 11) is 0. The zero-order chi connectivity index (χ0) is 25.1. The fraction of sp³-hybridized carbons (Fsp3) is 0.385. The van der Waals surface area contributed by atoms with Gasteiger partial charge in [-0.1, -0.05) is 35.9 Å². The first-order chi connectivity index (χ1) is 16.6. The molecule has 2 aromatic rings. The molecular formula is C26H24ClFN4O3. The lowest BCUT2D eigenvalue weighted by Gasteiger charge is -2.33. The van der Waals surface area contributed by atoms with E-state index in [0.29, 0.717) is 21.8 Å². The third-order valence-corrected chi connectivity index (χ3v) is 7.52. The van der Waals surface area contributed by atoms with Gasteiger partial charge in [-0.05, 0) is 37.6 Å². The number of amides is 3. The summed E-state index contributed by atoms with van der Waals surface area (Å²) in [6, 6.07) is 11.1. The minimum Gasteiger partial charge on any atom is -0.325 e. The van der Waals surface area contributed by atoms with E-state index in [2.05, 4.69) is 10.2 Å². The van der Waals surface area contributed by atoms with E-state index in [0.717, 1.165) is 5.56 Å². The van der Waals surface area contributed by atoms with Crippen LogP contribution in [0.4, 0.5) is 10.1 Å². The van der Waals surface area contributed by atoms with E-state index >= 15 is 0 Å². The lowest BCUT2D eigenvalue weighted by molar-refractivity contribution is -0.138. The van der Waals surface area contributed by atoms with Crippen molar-refractivity contribution < 1.29 is 18.8 Å². The molecule has 0 unspecified atom stereocenters. The second-order valence-corrected chi connectivity index (χ2v) is 10.4. The van der Waals surface area contributed by atoms with Gasteiger partial charge < -0.3 is 10.2 Å². The van der Waals surface area contributed by atoms with Gasteiger partial charge in [0, 0.05) is 41.3 Å². The van der Waals surface area contributed by atoms with Gasteiger partial charge in [-0.2, -0.15) is 0 Å². The molecule has 0 aromatic heterocycles. The number of carbonyl (C=O) groups is 3. The Kier molecular flexibility index (Phi) is 5.37. The van der Waals surface area contributed by atoms with Crippen LogP contribution in [0.5, 0.6) is 0 Å². The van der Waals surface area contributed by atoms with Crippen molar-refractivity contribution in [3.8, 4) is 0 Å². The Hall–Kier alpha value is -3.44. The molecule has 1 N–H and O–H groups in total. The molecule has 3 atom stereocenters. The monoisotopic (exact) mass is 494 g/mol. The van der Waals surface area contributed by atoms with Gasteiger partial charge in [0.25, 0.3) is 11.8 Å². The zero-order valence-corrected chi connectivity index (χ0v) is 20.1. The van der Waals surface area contributed by atoms with E-state index in [1.807, 2.05) is 18.2 Å². The number of para-hydroxylation sites is 1. The van der Waals surface area contributed by atoms with Gasteiger partial charge in [0.2, 0.25) is 5.91 Å². The molecule has 0 bridgehead atoms. The molecule has 9 heteroatoms. The summed E-state index contributed by atoms with van der Waals surface area (Å²) in [6.07, 6.45) is -1.02. The molecule has 35 heavy (non-hydrogen) atoms. The van der Waals surface area contributed by atoms with Crippen LogP contribution in [0, 0.1) is 6.57 Å². The number of hydrogen-bond acceptors (Lipinski definition) is 3. The third kappa shape index (κ3) is 3.66. The van der Waals surface area contributed by atoms with Crippen molar-refractivity contribution in [3.63, 3.8) is 0 Å². The van der Waals surface area contributed by atoms with Crippen molar-refractivity contribution in [3.05, 3.63) is 75.6 Å². The highest BCUT2D eigenvalue weighted by Gasteiger charge is 2.59. The van der Waals surface area contributed by atoms with Crippen LogP contribution in [0.2, 0.25) is 5.02 Å². The highest BCUT2D eigenvalue weighted by atomic mass is 35.5. The van der Waals surface area contributed by atoms with Crippen LogP contribution in [0.1, 0.15) is 48.2 Å². The maximum Gasteiger partial charge on any atom is 0.302 e. The predicted octanol–water partition coefficient (Wildman–Crippen LogP) is 4.17. The normalized spacial score (nSPS) is 23.8. The Bertz CT molecular complexity index is 1300. The van der Waals surface area contributed by atoms with Gasteiger partial charge in [-0.15, -0.1) is 0 Å². The first-order valence-corrected chi connectivity index (χ1v) is 11.8. The third-order valence-electron chi connectivity index (χ3n) is 7.17. The van der Waals surface area contributed by atoms with Crippen LogP contribution in [0.25, 0.3) is 4.85 Å². The van der Waals surface area contributed by atoms with E-state index in [4.69, 9.17) is 18.2 Å². The number of rotatable bonds is 4. The number of anilines is 1. The van der Waals surface area contributed by atoms with Crippen molar-refractivity contribution in [1.29, 1.82) is 0 Å². The number of hydrogen-bond donors (Lipinski definition) is 1. The van der Waals surface area contributed by atoms with Gasteiger partial charge in [-0.3, -0.25) is 24.1 Å². The molecule has 1 saturated heterocycles. The highest BCUT2D eigenvalue weighted by Crippen LogP contribution is 2.47. The number of halogens is 2. The molecule has 3 amide bonds. The Morgan fingerprint density at radius 3 is 2.71 bits per heavy atom. The average molecular weight is 495 g/mol. The maximum absolute atomic E-state index is 14.9. The molecule has 3 aliphatic heterocycles. The average Bonchev–Trinajstić information content (AvgIpc) is 3.45. The van der Waals surface area contributed by atoms with Crippen LogP contribution < -0.4 is 5.32 Å². The minimum absolute atomic E-state index is 0.0132. The van der Waals surface area contributed by atoms with Crippen LogP contribution in [0.3, 0.4) is 0 Å². The van der Waals surface area contributed by atoms with Gasteiger partial charge in [0.1, 0.15) is 17.1 Å². The summed E-state index contributed by atoms with van der Waals surface area (Å²) in [5.41, 5.74) is -0.433. The largest absolute Gasteiger partial charge is 0.325 e. The molecule has 1 spiro atoms. The minimum atomic E-state index is -1.76. The second-order valence-electron chi connectivity index (χ2n) is 10.00. The summed E-state index contributed by atoms with van der Waals surface area (Å²) in [5.74, 6) is -1.20. The summed E-state index contributed by atoms with van der Waals surface area (Å²) in [5, 5.41) is 3.27. The first kappa shape index (κ1) is 23.3. The standard InChI is InChI=1S/C26H24ClFN4O3/c1-25(2,28)11-20(31-13-16-15(22(31)33)7-6-9-18(16)27)23(34)32-14-26(12-21(32)29-3)17-8-4-5-10-19(17)30-24(26)35/h4-10,20-21H,11-14H2,1-2H3,(H,30,35)/t20-,21-,26-/m0/s1. The van der Waals surface area contributed by atoms with Gasteiger partial charge >= 0.3 is 6.17 Å². The molecular weight excluding hydrogens is 471 g/mol. The van der Waals surface area contributed by atoms with E-state index in [1.165, 1.54) is 23.6 Å². The summed E-state index contributed by atoms with van der Waals surface area (Å²) in [4.78, 5) is 46.7. The quantitative estimate of drug-likeness (QED) is 0.648. The number of benzene rings is 2. The van der Waals surface area contributed by atoms with Crippen LogP contribution >= 0.6 is 11.6 Å². The van der Waals surface area contributed by atoms with Crippen molar-refractivity contribution in [2.24, 2.45) is 0 Å². The number of alkyl halides is 1.